The minimum atomic E-state index is -1.26. The van der Waals surface area contributed by atoms with Crippen LogP contribution in [-0.2, 0) is 4.79 Å². The van der Waals surface area contributed by atoms with E-state index in [0.717, 1.165) is 0 Å². The molecule has 0 fully saturated rings. The average molecular weight is 486 g/mol. The maximum absolute atomic E-state index is 13.3. The lowest BCUT2D eigenvalue weighted by atomic mass is 10.0. The predicted molar refractivity (Wildman–Crippen MR) is 134 cm³/mol. The first kappa shape index (κ1) is 24.1. The highest BCUT2D eigenvalue weighted by molar-refractivity contribution is 5.99. The van der Waals surface area contributed by atoms with Gasteiger partial charge in [-0.1, -0.05) is 36.4 Å². The van der Waals surface area contributed by atoms with Crippen molar-refractivity contribution in [1.29, 1.82) is 0 Å². The van der Waals surface area contributed by atoms with Gasteiger partial charge in [-0.05, 0) is 30.3 Å². The number of methoxy groups -OCH3 is 2. The van der Waals surface area contributed by atoms with E-state index in [-0.39, 0.29) is 5.69 Å². The summed E-state index contributed by atoms with van der Waals surface area (Å²) in [5.41, 5.74) is 3.15. The summed E-state index contributed by atoms with van der Waals surface area (Å²) >= 11 is 0. The zero-order valence-corrected chi connectivity index (χ0v) is 19.5. The van der Waals surface area contributed by atoms with Gasteiger partial charge in [0.15, 0.2) is 6.04 Å². The number of nitrogens with zero attached hydrogens (tertiary/aromatic N) is 2. The van der Waals surface area contributed by atoms with E-state index in [1.54, 1.807) is 79.9 Å². The van der Waals surface area contributed by atoms with Gasteiger partial charge in [0, 0.05) is 22.6 Å². The number of benzene rings is 3. The van der Waals surface area contributed by atoms with Gasteiger partial charge in [0.05, 0.1) is 25.8 Å². The van der Waals surface area contributed by atoms with Crippen LogP contribution in [0.15, 0.2) is 82.7 Å². The second-order valence-electron chi connectivity index (χ2n) is 7.60. The molecule has 0 aliphatic rings. The summed E-state index contributed by atoms with van der Waals surface area (Å²) in [4.78, 5) is 38.4. The second kappa shape index (κ2) is 11.0. The van der Waals surface area contributed by atoms with Crippen molar-refractivity contribution in [1.82, 2.24) is 20.9 Å². The van der Waals surface area contributed by atoms with E-state index in [0.29, 0.717) is 33.4 Å². The Bertz CT molecular complexity index is 1480. The number of hydrogen-bond donors (Lipinski definition) is 3. The molecular formula is C26H23N5O5. The van der Waals surface area contributed by atoms with E-state index < -0.39 is 23.4 Å². The first-order valence-corrected chi connectivity index (χ1v) is 10.9. The van der Waals surface area contributed by atoms with E-state index in [9.17, 15) is 14.4 Å². The number of carbonyl (C=O) groups is 2. The van der Waals surface area contributed by atoms with Crippen molar-refractivity contribution in [2.45, 2.75) is 6.04 Å². The number of amides is 2. The van der Waals surface area contributed by atoms with Crippen LogP contribution in [0.3, 0.4) is 0 Å². The molecule has 1 aromatic heterocycles. The highest BCUT2D eigenvalue weighted by Crippen LogP contribution is 2.23. The highest BCUT2D eigenvalue weighted by Gasteiger charge is 2.27. The molecule has 10 nitrogen and oxygen atoms in total. The summed E-state index contributed by atoms with van der Waals surface area (Å²) in [5, 5.41) is 14.0. The number of hydrazone groups is 1. The molecule has 2 amide bonds. The van der Waals surface area contributed by atoms with Gasteiger partial charge in [0.1, 0.15) is 17.2 Å². The van der Waals surface area contributed by atoms with E-state index >= 15 is 0 Å². The van der Waals surface area contributed by atoms with E-state index in [2.05, 4.69) is 26.0 Å². The number of fused-ring (bicyclic) bond motifs is 1. The maximum Gasteiger partial charge on any atom is 0.272 e. The third kappa shape index (κ3) is 5.22. The van der Waals surface area contributed by atoms with Crippen molar-refractivity contribution < 1.29 is 19.1 Å². The van der Waals surface area contributed by atoms with E-state index in [1.165, 1.54) is 13.3 Å². The zero-order valence-electron chi connectivity index (χ0n) is 19.5. The highest BCUT2D eigenvalue weighted by atomic mass is 16.5. The molecule has 4 aromatic rings. The van der Waals surface area contributed by atoms with Crippen LogP contribution < -0.4 is 25.8 Å². The second-order valence-corrected chi connectivity index (χ2v) is 7.60. The number of H-pyrrole nitrogens is 1. The normalized spacial score (nSPS) is 11.7. The smallest absolute Gasteiger partial charge is 0.272 e. The van der Waals surface area contributed by atoms with Crippen molar-refractivity contribution in [3.8, 4) is 11.5 Å². The summed E-state index contributed by atoms with van der Waals surface area (Å²) in [6.07, 6.45) is 1.41. The standard InChI is InChI=1S/C26H23N5O5/c1-35-18-13-12-17(21(14-18)36-2)15-27-30-26(34)23(28-24(32)16-8-4-3-5-9-16)22-19-10-6-7-11-20(19)25(33)31-29-22/h3-15,23H,1-2H3,(H,28,32)(H,30,34)(H,31,33)/b27-15+. The van der Waals surface area contributed by atoms with Gasteiger partial charge in [0.25, 0.3) is 17.4 Å². The number of ether oxygens (including phenoxy) is 2. The summed E-state index contributed by atoms with van der Waals surface area (Å²) < 4.78 is 10.5. The Morgan fingerprint density at radius 3 is 2.42 bits per heavy atom. The first-order valence-electron chi connectivity index (χ1n) is 10.9. The van der Waals surface area contributed by atoms with E-state index in [1.807, 2.05) is 0 Å². The largest absolute Gasteiger partial charge is 0.497 e. The fourth-order valence-electron chi connectivity index (χ4n) is 3.57. The van der Waals surface area contributed by atoms with Crippen LogP contribution in [0.25, 0.3) is 10.8 Å². The molecule has 182 valence electrons. The maximum atomic E-state index is 13.3. The third-order valence-corrected chi connectivity index (χ3v) is 5.39. The average Bonchev–Trinajstić information content (AvgIpc) is 2.92. The Kier molecular flexibility index (Phi) is 7.35. The van der Waals surface area contributed by atoms with Gasteiger partial charge >= 0.3 is 0 Å². The minimum absolute atomic E-state index is 0.171. The number of aromatic amines is 1. The molecule has 36 heavy (non-hydrogen) atoms. The lowest BCUT2D eigenvalue weighted by Gasteiger charge is -2.18. The van der Waals surface area contributed by atoms with Crippen molar-refractivity contribution in [2.24, 2.45) is 5.10 Å². The molecule has 10 heteroatoms. The van der Waals surface area contributed by atoms with Crippen LogP contribution in [-0.4, -0.2) is 42.4 Å². The van der Waals surface area contributed by atoms with E-state index in [4.69, 9.17) is 9.47 Å². The number of hydrogen-bond acceptors (Lipinski definition) is 7. The molecule has 3 N–H and O–H groups in total. The fourth-order valence-corrected chi connectivity index (χ4v) is 3.57. The zero-order chi connectivity index (χ0) is 25.5. The monoisotopic (exact) mass is 485 g/mol. The molecule has 0 aliphatic heterocycles. The van der Waals surface area contributed by atoms with Gasteiger partial charge in [-0.2, -0.15) is 10.2 Å². The Morgan fingerprint density at radius 1 is 0.972 bits per heavy atom. The molecular weight excluding hydrogens is 462 g/mol. The third-order valence-electron chi connectivity index (χ3n) is 5.39. The summed E-state index contributed by atoms with van der Waals surface area (Å²) in [7, 11) is 3.05. The van der Waals surface area contributed by atoms with Crippen LogP contribution in [0.2, 0.25) is 0 Å². The Balaban J connectivity index is 1.66. The van der Waals surface area contributed by atoms with Gasteiger partial charge in [-0.25, -0.2) is 10.5 Å². The predicted octanol–water partition coefficient (Wildman–Crippen LogP) is 2.56. The van der Waals surface area contributed by atoms with Crippen molar-refractivity contribution in [3.63, 3.8) is 0 Å². The van der Waals surface area contributed by atoms with Crippen LogP contribution in [0.4, 0.5) is 0 Å². The molecule has 0 bridgehead atoms. The van der Waals surface area contributed by atoms with Gasteiger partial charge in [0.2, 0.25) is 0 Å². The van der Waals surface area contributed by atoms with Crippen molar-refractivity contribution in [3.05, 3.63) is 100.0 Å². The summed E-state index contributed by atoms with van der Waals surface area (Å²) in [6, 6.07) is 19.0. The van der Waals surface area contributed by atoms with Gasteiger partial charge < -0.3 is 14.8 Å². The molecule has 1 atom stereocenters. The van der Waals surface area contributed by atoms with Gasteiger partial charge in [-0.3, -0.25) is 14.4 Å². The molecule has 0 saturated carbocycles. The van der Waals surface area contributed by atoms with Crippen LogP contribution in [0, 0.1) is 0 Å². The number of aromatic nitrogens is 2. The lowest BCUT2D eigenvalue weighted by Crippen LogP contribution is -2.40. The summed E-state index contributed by atoms with van der Waals surface area (Å²) in [5.74, 6) is -0.0522. The van der Waals surface area contributed by atoms with Crippen molar-refractivity contribution in [2.75, 3.05) is 14.2 Å². The molecule has 1 unspecified atom stereocenters. The topological polar surface area (TPSA) is 135 Å². The molecule has 0 saturated heterocycles. The summed E-state index contributed by atoms with van der Waals surface area (Å²) in [6.45, 7) is 0. The minimum Gasteiger partial charge on any atom is -0.497 e. The SMILES string of the molecule is COc1ccc(/C=N/NC(=O)C(NC(=O)c2ccccc2)c2n[nH]c(=O)c3ccccc23)c(OC)c1. The molecule has 4 rings (SSSR count). The van der Waals surface area contributed by atoms with Crippen LogP contribution in [0.5, 0.6) is 11.5 Å². The van der Waals surface area contributed by atoms with Crippen molar-refractivity contribution >= 4 is 28.8 Å². The van der Waals surface area contributed by atoms with Crippen LogP contribution >= 0.6 is 0 Å². The Morgan fingerprint density at radius 2 is 1.69 bits per heavy atom. The number of nitrogens with one attached hydrogen (secondary N) is 3. The molecule has 3 aromatic carbocycles. The first-order chi connectivity index (χ1) is 17.5. The Labute approximate surface area is 206 Å². The lowest BCUT2D eigenvalue weighted by molar-refractivity contribution is -0.123. The fraction of sp³-hybridized carbons (Fsp3) is 0.115. The molecule has 0 aliphatic carbocycles. The molecule has 0 radical (unpaired) electrons. The molecule has 1 heterocycles. The van der Waals surface area contributed by atoms with Crippen LogP contribution in [0.1, 0.15) is 27.7 Å². The quantitative estimate of drug-likeness (QED) is 0.259. The Hall–Kier alpha value is -4.99. The van der Waals surface area contributed by atoms with Gasteiger partial charge in [-0.15, -0.1) is 0 Å². The number of rotatable bonds is 8. The molecule has 0 spiro atoms. The number of carbonyl (C=O) groups excluding carboxylic acids is 2.